The van der Waals surface area contributed by atoms with E-state index in [2.05, 4.69) is 10.3 Å². The first-order valence-corrected chi connectivity index (χ1v) is 29.8. The number of nitrogens with one attached hydrogen (secondary N) is 1. The molecule has 0 spiro atoms. The van der Waals surface area contributed by atoms with E-state index < -0.39 is 112 Å². The van der Waals surface area contributed by atoms with E-state index in [0.717, 1.165) is 5.57 Å². The van der Waals surface area contributed by atoms with Crippen LogP contribution < -0.4 is 5.32 Å². The number of carbonyl (C=O) groups is 6. The summed E-state index contributed by atoms with van der Waals surface area (Å²) in [6.07, 6.45) is 12.3. The Hall–Kier alpha value is -5.00. The molecule has 21 heteroatoms. The highest BCUT2D eigenvalue weighted by Crippen LogP contribution is 2.38. The van der Waals surface area contributed by atoms with Gasteiger partial charge in [-0.15, -0.1) is 0 Å². The Morgan fingerprint density at radius 3 is 2.26 bits per heavy atom. The summed E-state index contributed by atoms with van der Waals surface area (Å²) in [7, 11) is 0.843. The zero-order valence-corrected chi connectivity index (χ0v) is 49.4. The molecule has 5 rings (SSSR count). The molecule has 2 amide bonds. The Morgan fingerprint density at radius 1 is 0.900 bits per heavy atom. The van der Waals surface area contributed by atoms with Crippen LogP contribution in [0.1, 0.15) is 131 Å². The summed E-state index contributed by atoms with van der Waals surface area (Å²) in [4.78, 5) is 89.7. The predicted molar refractivity (Wildman–Crippen MR) is 298 cm³/mol. The second-order valence-corrected chi connectivity index (χ2v) is 23.8. The van der Waals surface area contributed by atoms with Gasteiger partial charge in [0.1, 0.15) is 36.2 Å². The number of esters is 1. The van der Waals surface area contributed by atoms with Gasteiger partial charge in [0, 0.05) is 64.7 Å². The molecule has 1 saturated carbocycles. The first kappa shape index (κ1) is 67.5. The van der Waals surface area contributed by atoms with Crippen molar-refractivity contribution >= 4 is 45.4 Å². The molecule has 1 aromatic rings. The van der Waals surface area contributed by atoms with Crippen molar-refractivity contribution in [2.45, 2.75) is 187 Å². The quantitative estimate of drug-likeness (QED) is 0.0837. The maximum atomic E-state index is 14.6. The van der Waals surface area contributed by atoms with E-state index in [4.69, 9.17) is 33.0 Å². The second-order valence-electron chi connectivity index (χ2n) is 22.4. The third kappa shape index (κ3) is 20.5. The highest BCUT2D eigenvalue weighted by atomic mass is 32.2. The number of methoxy groups -OCH3 is 3. The minimum Gasteiger partial charge on any atom is -0.460 e. The van der Waals surface area contributed by atoms with Gasteiger partial charge in [0.25, 0.3) is 21.8 Å². The SMILES string of the molecule is CO[C@H]1C[C@@H]2CC[C@@H](C)[C@@](O)(O2)C(=O)C(=O)N2CCCC[C@H]2C(=O)O[C@H]([C@H](C)CC2CC[C@H](OC(=O)NCc3ccccn3)[C@@H](OC)C2)CC(=O)[C@H](C)/C=C(\C)[C@@H](O)[C@@H](OC)C(=O)[C@H](C)C[C@H](C)/C=C/C=C/C=C/1C.CS(=O)(=O)O. The Balaban J connectivity index is 0.00000263. The van der Waals surface area contributed by atoms with Crippen molar-refractivity contribution in [1.29, 1.82) is 0 Å². The number of carbonyl (C=O) groups excluding carboxylic acids is 6. The summed E-state index contributed by atoms with van der Waals surface area (Å²) in [6, 6.07) is 4.24. The smallest absolute Gasteiger partial charge is 0.407 e. The van der Waals surface area contributed by atoms with Crippen LogP contribution in [0, 0.1) is 35.5 Å². The molecule has 3 aliphatic heterocycles. The molecule has 20 nitrogen and oxygen atoms in total. The highest BCUT2D eigenvalue weighted by molar-refractivity contribution is 7.85. The Bertz CT molecular complexity index is 2460. The molecule has 3 fully saturated rings. The summed E-state index contributed by atoms with van der Waals surface area (Å²) >= 11 is 0. The third-order valence-electron chi connectivity index (χ3n) is 15.9. The van der Waals surface area contributed by atoms with Gasteiger partial charge in [0.2, 0.25) is 5.79 Å². The van der Waals surface area contributed by atoms with Gasteiger partial charge in [-0.05, 0) is 119 Å². The summed E-state index contributed by atoms with van der Waals surface area (Å²) < 4.78 is 61.5. The van der Waals surface area contributed by atoms with Crippen molar-refractivity contribution < 1.29 is 80.4 Å². The van der Waals surface area contributed by atoms with Gasteiger partial charge in [-0.2, -0.15) is 8.42 Å². The molecule has 1 unspecified atom stereocenters. The van der Waals surface area contributed by atoms with Crippen molar-refractivity contribution in [1.82, 2.24) is 15.2 Å². The fourth-order valence-electron chi connectivity index (χ4n) is 11.1. The minimum atomic E-state index is -3.67. The van der Waals surface area contributed by atoms with E-state index in [-0.39, 0.29) is 49.3 Å². The number of aliphatic hydroxyl groups excluding tert-OH is 1. The van der Waals surface area contributed by atoms with Crippen LogP contribution in [0.3, 0.4) is 0 Å². The zero-order chi connectivity index (χ0) is 59.5. The lowest BCUT2D eigenvalue weighted by atomic mass is 9.78. The van der Waals surface area contributed by atoms with Crippen LogP contribution in [-0.2, 0) is 69.1 Å². The Morgan fingerprint density at radius 2 is 1.61 bits per heavy atom. The molecule has 80 heavy (non-hydrogen) atoms. The molecule has 448 valence electrons. The molecule has 4 aliphatic rings. The van der Waals surface area contributed by atoms with E-state index in [9.17, 15) is 47.4 Å². The number of amides is 2. The topological polar surface area (TPSA) is 281 Å². The second kappa shape index (κ2) is 32.0. The lowest BCUT2D eigenvalue weighted by Crippen LogP contribution is -2.61. The number of piperidine rings is 1. The molecule has 4 heterocycles. The van der Waals surface area contributed by atoms with Gasteiger partial charge in [0.05, 0.1) is 36.8 Å². The van der Waals surface area contributed by atoms with Crippen molar-refractivity contribution in [3.05, 3.63) is 77.7 Å². The van der Waals surface area contributed by atoms with E-state index in [0.29, 0.717) is 81.7 Å². The molecule has 1 aliphatic carbocycles. The van der Waals surface area contributed by atoms with Crippen LogP contribution in [0.15, 0.2) is 72.0 Å². The number of Topliss-reactive ketones (excluding diaryl/α,β-unsaturated/α-hetero) is 3. The van der Waals surface area contributed by atoms with Crippen molar-refractivity contribution in [3.8, 4) is 0 Å². The van der Waals surface area contributed by atoms with Crippen LogP contribution in [0.4, 0.5) is 4.79 Å². The molecular weight excluding hydrogens is 1050 g/mol. The number of aliphatic hydroxyl groups is 2. The van der Waals surface area contributed by atoms with E-state index >= 15 is 0 Å². The molecule has 2 bridgehead atoms. The van der Waals surface area contributed by atoms with Gasteiger partial charge in [0.15, 0.2) is 5.78 Å². The van der Waals surface area contributed by atoms with Crippen LogP contribution in [-0.4, -0.2) is 157 Å². The third-order valence-corrected chi connectivity index (χ3v) is 15.9. The maximum Gasteiger partial charge on any atom is 0.407 e. The van der Waals surface area contributed by atoms with E-state index in [1.807, 2.05) is 64.1 Å². The Labute approximate surface area is 473 Å². The maximum absolute atomic E-state index is 14.6. The van der Waals surface area contributed by atoms with Crippen LogP contribution in [0.2, 0.25) is 0 Å². The number of cyclic esters (lactones) is 1. The molecule has 2 saturated heterocycles. The molecule has 4 N–H and O–H groups in total. The first-order chi connectivity index (χ1) is 37.7. The largest absolute Gasteiger partial charge is 0.460 e. The summed E-state index contributed by atoms with van der Waals surface area (Å²) in [5.74, 6) is -8.36. The summed E-state index contributed by atoms with van der Waals surface area (Å²) in [5.41, 5.74) is 1.92. The lowest BCUT2D eigenvalue weighted by Gasteiger charge is -2.42. The standard InChI is InChI=1S/C58H85N3O14.CH4O3S/c1-35-18-12-11-13-19-36(2)48(70-8)32-44-24-22-41(7)58(69,75-44)54(65)55(66)61-27-17-15-21-45(61)56(67)73-49(33-46(62)37(3)29-40(6)52(64)53(72-10)51(63)39(5)28-35)38(4)30-42-23-25-47(50(31-42)71-9)74-57(68)60-34-43-20-14-16-26-59-43;1-5(2,3)4/h11-14,16,18-20,26,29,35,37-39,41-42,44-45,47-50,52-53,64,69H,15,17,21-25,27-28,30-34H2,1-10H3,(H,60,68);1H3,(H,2,3,4)/b13-11+,18-12+,36-19+,40-29+;/t35-,37-,38-,39-,41-,42?,44+,45+,47+,48+,49+,50+,52-,53+,58-;/m1./s1. The van der Waals surface area contributed by atoms with Gasteiger partial charge >= 0.3 is 12.1 Å². The highest BCUT2D eigenvalue weighted by Gasteiger charge is 2.53. The van der Waals surface area contributed by atoms with Gasteiger partial charge < -0.3 is 48.9 Å². The van der Waals surface area contributed by atoms with Crippen LogP contribution >= 0.6 is 0 Å². The van der Waals surface area contributed by atoms with Crippen molar-refractivity contribution in [2.24, 2.45) is 35.5 Å². The fourth-order valence-corrected chi connectivity index (χ4v) is 11.1. The summed E-state index contributed by atoms with van der Waals surface area (Å²) in [5, 5.41) is 26.3. The molecule has 0 radical (unpaired) electrons. The Kier molecular flexibility index (Phi) is 27.0. The van der Waals surface area contributed by atoms with Crippen molar-refractivity contribution in [2.75, 3.05) is 34.1 Å². The number of ether oxygens (including phenoxy) is 6. The van der Waals surface area contributed by atoms with Crippen LogP contribution in [0.25, 0.3) is 0 Å². The van der Waals surface area contributed by atoms with Crippen LogP contribution in [0.5, 0.6) is 0 Å². The van der Waals surface area contributed by atoms with Gasteiger partial charge in [-0.1, -0.05) is 77.1 Å². The first-order valence-electron chi connectivity index (χ1n) is 28.0. The minimum absolute atomic E-state index is 0.00176. The predicted octanol–water partition coefficient (Wildman–Crippen LogP) is 7.01. The number of hydrogen-bond donors (Lipinski definition) is 4. The summed E-state index contributed by atoms with van der Waals surface area (Å²) in [6.45, 7) is 12.9. The van der Waals surface area contributed by atoms with E-state index in [1.165, 1.54) is 12.0 Å². The lowest BCUT2D eigenvalue weighted by molar-refractivity contribution is -0.265. The zero-order valence-electron chi connectivity index (χ0n) is 48.6. The number of rotatable bonds is 9. The van der Waals surface area contributed by atoms with Gasteiger partial charge in [-0.25, -0.2) is 9.59 Å². The average molecular weight is 1140 g/mol. The monoisotopic (exact) mass is 1140 g/mol. The molecule has 15 atom stereocenters. The molecular formula is C59H89N3O17S. The number of alkyl carbamates (subject to hydrolysis) is 1. The molecule has 1 aromatic heterocycles. The average Bonchev–Trinajstić information content (AvgIpc) is 3.41. The number of nitrogens with zero attached hydrogens (tertiary/aromatic N) is 2. The number of allylic oxidation sites excluding steroid dienone is 6. The number of hydrogen-bond acceptors (Lipinski definition) is 17. The number of fused-ring (bicyclic) bond motifs is 3. The van der Waals surface area contributed by atoms with Crippen molar-refractivity contribution in [3.63, 3.8) is 0 Å². The number of ketones is 3. The normalized spacial score (nSPS) is 34.9. The van der Waals surface area contributed by atoms with E-state index in [1.54, 1.807) is 59.4 Å². The molecule has 0 aromatic carbocycles. The fraction of sp³-hybridized carbons (Fsp3) is 0.678. The number of pyridine rings is 1. The van der Waals surface area contributed by atoms with Gasteiger partial charge in [-0.3, -0.25) is 28.7 Å². The number of aromatic nitrogens is 1.